The second kappa shape index (κ2) is 7.28. The van der Waals surface area contributed by atoms with Gasteiger partial charge in [-0.05, 0) is 41.3 Å². The third kappa shape index (κ3) is 2.78. The number of fused-ring (bicyclic) bond motifs is 5. The zero-order valence-electron chi connectivity index (χ0n) is 17.6. The van der Waals surface area contributed by atoms with Gasteiger partial charge in [0.1, 0.15) is 5.75 Å². The Morgan fingerprint density at radius 2 is 1.34 bits per heavy atom. The average Bonchev–Trinajstić information content (AvgIpc) is 2.76. The number of anilines is 1. The molecule has 0 aliphatic carbocycles. The third-order valence-corrected chi connectivity index (χ3v) is 5.50. The molecule has 6 nitrogen and oxygen atoms in total. The van der Waals surface area contributed by atoms with Gasteiger partial charge in [0.05, 0.1) is 41.2 Å². The van der Waals surface area contributed by atoms with Crippen molar-refractivity contribution in [2.24, 2.45) is 0 Å². The Labute approximate surface area is 170 Å². The van der Waals surface area contributed by atoms with Crippen LogP contribution in [-0.2, 0) is 6.54 Å². The number of rotatable bonds is 5. The lowest BCUT2D eigenvalue weighted by Crippen LogP contribution is -2.23. The highest BCUT2D eigenvalue weighted by Gasteiger charge is 2.30. The number of benzene rings is 3. The van der Waals surface area contributed by atoms with Gasteiger partial charge in [-0.1, -0.05) is 0 Å². The lowest BCUT2D eigenvalue weighted by atomic mass is 9.89. The fraction of sp³-hybridized carbons (Fsp3) is 0.304. The van der Waals surface area contributed by atoms with Crippen molar-refractivity contribution in [3.05, 3.63) is 35.9 Å². The molecule has 0 unspecified atom stereocenters. The van der Waals surface area contributed by atoms with E-state index in [1.165, 1.54) is 0 Å². The number of nitrogens with zero attached hydrogens (tertiary/aromatic N) is 1. The van der Waals surface area contributed by atoms with Crippen molar-refractivity contribution in [2.45, 2.75) is 6.54 Å². The van der Waals surface area contributed by atoms with E-state index in [4.69, 9.17) is 23.7 Å². The second-order valence-corrected chi connectivity index (χ2v) is 6.91. The van der Waals surface area contributed by atoms with Crippen molar-refractivity contribution < 1.29 is 23.7 Å². The summed E-state index contributed by atoms with van der Waals surface area (Å²) in [4.78, 5) is 2.20. The van der Waals surface area contributed by atoms with Gasteiger partial charge in [0.15, 0.2) is 23.0 Å². The molecular formula is C23H25NO5. The summed E-state index contributed by atoms with van der Waals surface area (Å²) in [6.07, 6.45) is 0. The van der Waals surface area contributed by atoms with Gasteiger partial charge in [-0.25, -0.2) is 0 Å². The summed E-state index contributed by atoms with van der Waals surface area (Å²) < 4.78 is 28.1. The standard InChI is InChI=1S/C23H25NO5/c1-24-12-16-14(7-8-17(25-2)23(16)29-6)21-20(28-5)10-13-9-18(26-3)19(27-4)11-15(13)22(21)24/h7-11H,12H2,1-6H3. The average molecular weight is 395 g/mol. The zero-order chi connectivity index (χ0) is 20.7. The summed E-state index contributed by atoms with van der Waals surface area (Å²) >= 11 is 0. The van der Waals surface area contributed by atoms with Crippen LogP contribution in [-0.4, -0.2) is 42.6 Å². The molecule has 0 atom stereocenters. The summed E-state index contributed by atoms with van der Waals surface area (Å²) in [7, 11) is 10.4. The molecule has 0 radical (unpaired) electrons. The van der Waals surface area contributed by atoms with Crippen LogP contribution < -0.4 is 28.6 Å². The summed E-state index contributed by atoms with van der Waals surface area (Å²) in [5, 5.41) is 2.09. The van der Waals surface area contributed by atoms with Gasteiger partial charge < -0.3 is 28.6 Å². The van der Waals surface area contributed by atoms with E-state index in [-0.39, 0.29) is 0 Å². The summed E-state index contributed by atoms with van der Waals surface area (Å²) in [6.45, 7) is 0.680. The van der Waals surface area contributed by atoms with Gasteiger partial charge in [0.25, 0.3) is 0 Å². The molecule has 1 aliphatic heterocycles. The van der Waals surface area contributed by atoms with Gasteiger partial charge in [0, 0.05) is 30.1 Å². The van der Waals surface area contributed by atoms with Gasteiger partial charge in [-0.3, -0.25) is 0 Å². The van der Waals surface area contributed by atoms with E-state index in [9.17, 15) is 0 Å². The predicted octanol–water partition coefficient (Wildman–Crippen LogP) is 4.50. The first-order chi connectivity index (χ1) is 14.1. The van der Waals surface area contributed by atoms with Crippen molar-refractivity contribution in [1.29, 1.82) is 0 Å². The molecule has 0 N–H and O–H groups in total. The Hall–Kier alpha value is -3.28. The number of hydrogen-bond donors (Lipinski definition) is 0. The van der Waals surface area contributed by atoms with E-state index < -0.39 is 0 Å². The fourth-order valence-electron chi connectivity index (χ4n) is 4.20. The van der Waals surface area contributed by atoms with Crippen LogP contribution in [0.5, 0.6) is 28.7 Å². The molecule has 0 saturated carbocycles. The van der Waals surface area contributed by atoms with E-state index >= 15 is 0 Å². The molecule has 6 heteroatoms. The Bertz CT molecular complexity index is 1090. The lowest BCUT2D eigenvalue weighted by molar-refractivity contribution is 0.351. The van der Waals surface area contributed by atoms with E-state index in [1.807, 2.05) is 24.3 Å². The Balaban J connectivity index is 2.10. The molecule has 1 heterocycles. The quantitative estimate of drug-likeness (QED) is 0.634. The Morgan fingerprint density at radius 1 is 0.724 bits per heavy atom. The molecule has 4 rings (SSSR count). The first kappa shape index (κ1) is 19.1. The van der Waals surface area contributed by atoms with Crippen LogP contribution in [0.4, 0.5) is 5.69 Å². The largest absolute Gasteiger partial charge is 0.496 e. The molecule has 29 heavy (non-hydrogen) atoms. The number of hydrogen-bond acceptors (Lipinski definition) is 6. The Kier molecular flexibility index (Phi) is 4.78. The first-order valence-corrected chi connectivity index (χ1v) is 9.30. The Morgan fingerprint density at radius 3 is 1.97 bits per heavy atom. The van der Waals surface area contributed by atoms with Crippen LogP contribution in [0.3, 0.4) is 0 Å². The minimum atomic E-state index is 0.680. The topological polar surface area (TPSA) is 49.4 Å². The van der Waals surface area contributed by atoms with Crippen LogP contribution in [0, 0.1) is 0 Å². The van der Waals surface area contributed by atoms with Crippen LogP contribution in [0.2, 0.25) is 0 Å². The number of methoxy groups -OCH3 is 5. The minimum Gasteiger partial charge on any atom is -0.496 e. The lowest BCUT2D eigenvalue weighted by Gasteiger charge is -2.33. The predicted molar refractivity (Wildman–Crippen MR) is 114 cm³/mol. The maximum Gasteiger partial charge on any atom is 0.166 e. The van der Waals surface area contributed by atoms with E-state index in [0.717, 1.165) is 44.6 Å². The van der Waals surface area contributed by atoms with Crippen LogP contribution >= 0.6 is 0 Å². The molecule has 0 bridgehead atoms. The van der Waals surface area contributed by atoms with E-state index in [1.54, 1.807) is 35.5 Å². The van der Waals surface area contributed by atoms with Crippen molar-refractivity contribution >= 4 is 16.5 Å². The van der Waals surface area contributed by atoms with E-state index in [2.05, 4.69) is 18.0 Å². The third-order valence-electron chi connectivity index (χ3n) is 5.50. The highest BCUT2D eigenvalue weighted by molar-refractivity contribution is 6.07. The molecule has 0 spiro atoms. The second-order valence-electron chi connectivity index (χ2n) is 6.91. The molecule has 0 fully saturated rings. The van der Waals surface area contributed by atoms with Gasteiger partial charge in [-0.2, -0.15) is 0 Å². The summed E-state index contributed by atoms with van der Waals surface area (Å²) in [6, 6.07) is 10.0. The van der Waals surface area contributed by atoms with Gasteiger partial charge in [0.2, 0.25) is 0 Å². The molecular weight excluding hydrogens is 370 g/mol. The molecule has 0 amide bonds. The van der Waals surface area contributed by atoms with Crippen molar-refractivity contribution in [3.8, 4) is 39.9 Å². The van der Waals surface area contributed by atoms with Gasteiger partial charge in [-0.15, -0.1) is 0 Å². The van der Waals surface area contributed by atoms with E-state index in [0.29, 0.717) is 23.8 Å². The molecule has 0 saturated heterocycles. The summed E-state index contributed by atoms with van der Waals surface area (Å²) in [5.41, 5.74) is 4.25. The summed E-state index contributed by atoms with van der Waals surface area (Å²) in [5.74, 6) is 3.64. The maximum atomic E-state index is 5.82. The monoisotopic (exact) mass is 395 g/mol. The zero-order valence-corrected chi connectivity index (χ0v) is 17.6. The van der Waals surface area contributed by atoms with Crippen LogP contribution in [0.15, 0.2) is 30.3 Å². The van der Waals surface area contributed by atoms with Crippen LogP contribution in [0.1, 0.15) is 5.56 Å². The molecule has 152 valence electrons. The molecule has 3 aromatic carbocycles. The van der Waals surface area contributed by atoms with Crippen molar-refractivity contribution in [2.75, 3.05) is 47.5 Å². The molecule has 0 aromatic heterocycles. The fourth-order valence-corrected chi connectivity index (χ4v) is 4.20. The molecule has 3 aromatic rings. The maximum absolute atomic E-state index is 5.82. The highest BCUT2D eigenvalue weighted by atomic mass is 16.5. The normalized spacial score (nSPS) is 12.3. The van der Waals surface area contributed by atoms with Crippen molar-refractivity contribution in [3.63, 3.8) is 0 Å². The van der Waals surface area contributed by atoms with Gasteiger partial charge >= 0.3 is 0 Å². The first-order valence-electron chi connectivity index (χ1n) is 9.30. The SMILES string of the molecule is COc1cc2cc(OC)c3c(c2cc1OC)N(C)Cc1c-3ccc(OC)c1OC. The highest BCUT2D eigenvalue weighted by Crippen LogP contribution is 2.53. The smallest absolute Gasteiger partial charge is 0.166 e. The van der Waals surface area contributed by atoms with Crippen molar-refractivity contribution in [1.82, 2.24) is 0 Å². The minimum absolute atomic E-state index is 0.680. The van der Waals surface area contributed by atoms with Crippen LogP contribution in [0.25, 0.3) is 21.9 Å². The molecule has 1 aliphatic rings. The number of ether oxygens (including phenoxy) is 5.